The van der Waals surface area contributed by atoms with Gasteiger partial charge in [0.1, 0.15) is 0 Å². The topological polar surface area (TPSA) is 64.9 Å². The number of hydrogen-bond acceptors (Lipinski definition) is 4. The lowest BCUT2D eigenvalue weighted by Gasteiger charge is -1.89. The maximum absolute atomic E-state index is 5.63. The van der Waals surface area contributed by atoms with Crippen LogP contribution in [0.15, 0.2) is 47.0 Å². The van der Waals surface area contributed by atoms with Gasteiger partial charge in [0.05, 0.1) is 11.9 Å². The van der Waals surface area contributed by atoms with Crippen molar-refractivity contribution in [2.75, 3.05) is 5.73 Å². The minimum atomic E-state index is 0.520. The number of aromatic nitrogens is 2. The van der Waals surface area contributed by atoms with Crippen LogP contribution in [-0.2, 0) is 0 Å². The molecule has 4 nitrogen and oxygen atoms in total. The highest BCUT2D eigenvalue weighted by molar-refractivity contribution is 5.75. The SMILES string of the molecule is Nc1cnc2nc(/C=C/c3ccccc3)oc2c1. The lowest BCUT2D eigenvalue weighted by molar-refractivity contribution is 0.590. The highest BCUT2D eigenvalue weighted by Gasteiger charge is 2.04. The predicted octanol–water partition coefficient (Wildman–Crippen LogP) is 2.98. The summed E-state index contributed by atoms with van der Waals surface area (Å²) in [6.45, 7) is 0. The van der Waals surface area contributed by atoms with Crippen LogP contribution in [0.25, 0.3) is 23.4 Å². The first-order chi connectivity index (χ1) is 8.81. The summed E-state index contributed by atoms with van der Waals surface area (Å²) in [4.78, 5) is 8.34. The normalized spacial score (nSPS) is 11.3. The van der Waals surface area contributed by atoms with Gasteiger partial charge in [0.15, 0.2) is 11.2 Å². The van der Waals surface area contributed by atoms with Gasteiger partial charge in [0.2, 0.25) is 5.89 Å². The Morgan fingerprint density at radius 1 is 1.11 bits per heavy atom. The fourth-order valence-corrected chi connectivity index (χ4v) is 1.65. The van der Waals surface area contributed by atoms with Crippen LogP contribution in [0, 0.1) is 0 Å². The molecular weight excluding hydrogens is 226 g/mol. The molecule has 0 unspecified atom stereocenters. The first-order valence-corrected chi connectivity index (χ1v) is 5.56. The van der Waals surface area contributed by atoms with Gasteiger partial charge in [-0.2, -0.15) is 4.98 Å². The third kappa shape index (κ3) is 2.08. The summed E-state index contributed by atoms with van der Waals surface area (Å²) in [6.07, 6.45) is 5.32. The van der Waals surface area contributed by atoms with Crippen molar-refractivity contribution >= 4 is 29.1 Å². The van der Waals surface area contributed by atoms with Crippen LogP contribution in [0.1, 0.15) is 11.5 Å². The number of pyridine rings is 1. The number of fused-ring (bicyclic) bond motifs is 1. The Hall–Kier alpha value is -2.62. The molecule has 0 bridgehead atoms. The molecule has 2 aromatic heterocycles. The Balaban J connectivity index is 1.93. The third-order valence-corrected chi connectivity index (χ3v) is 2.50. The van der Waals surface area contributed by atoms with Gasteiger partial charge in [-0.1, -0.05) is 30.3 Å². The van der Waals surface area contributed by atoms with Crippen LogP contribution in [0.4, 0.5) is 5.69 Å². The number of anilines is 1. The highest BCUT2D eigenvalue weighted by atomic mass is 16.3. The van der Waals surface area contributed by atoms with Gasteiger partial charge in [-0.3, -0.25) is 0 Å². The van der Waals surface area contributed by atoms with E-state index in [1.165, 1.54) is 0 Å². The van der Waals surface area contributed by atoms with E-state index < -0.39 is 0 Å². The Labute approximate surface area is 104 Å². The summed E-state index contributed by atoms with van der Waals surface area (Å²) < 4.78 is 5.53. The highest BCUT2D eigenvalue weighted by Crippen LogP contribution is 2.17. The standard InChI is InChI=1S/C14H11N3O/c15-11-8-12-14(16-9-11)17-13(18-12)7-6-10-4-2-1-3-5-10/h1-9H,15H2/b7-6+. The van der Waals surface area contributed by atoms with Crippen molar-refractivity contribution in [3.8, 4) is 0 Å². The number of benzene rings is 1. The molecule has 0 spiro atoms. The molecule has 0 aliphatic rings. The van der Waals surface area contributed by atoms with Crippen LogP contribution >= 0.6 is 0 Å². The molecule has 3 rings (SSSR count). The molecule has 0 saturated carbocycles. The summed E-state index contributed by atoms with van der Waals surface area (Å²) in [5.41, 5.74) is 8.45. The molecule has 3 aromatic rings. The summed E-state index contributed by atoms with van der Waals surface area (Å²) >= 11 is 0. The number of nitrogens with two attached hydrogens (primary N) is 1. The van der Waals surface area contributed by atoms with Crippen molar-refractivity contribution in [3.63, 3.8) is 0 Å². The molecule has 2 N–H and O–H groups in total. The fourth-order valence-electron chi connectivity index (χ4n) is 1.65. The van der Waals surface area contributed by atoms with Gasteiger partial charge >= 0.3 is 0 Å². The van der Waals surface area contributed by atoms with Gasteiger partial charge in [-0.25, -0.2) is 4.98 Å². The molecule has 0 fully saturated rings. The van der Waals surface area contributed by atoms with Gasteiger partial charge < -0.3 is 10.2 Å². The first-order valence-electron chi connectivity index (χ1n) is 5.56. The first kappa shape index (κ1) is 10.5. The molecule has 1 aromatic carbocycles. The zero-order valence-electron chi connectivity index (χ0n) is 9.58. The number of hydrogen-bond donors (Lipinski definition) is 1. The molecule has 2 heterocycles. The molecule has 4 heteroatoms. The summed E-state index contributed by atoms with van der Waals surface area (Å²) in [7, 11) is 0. The van der Waals surface area contributed by atoms with E-state index in [2.05, 4.69) is 9.97 Å². The van der Waals surface area contributed by atoms with Crippen LogP contribution in [0.2, 0.25) is 0 Å². The van der Waals surface area contributed by atoms with E-state index in [1.807, 2.05) is 42.5 Å². The zero-order valence-corrected chi connectivity index (χ0v) is 9.58. The summed E-state index contributed by atoms with van der Waals surface area (Å²) in [5, 5.41) is 0. The van der Waals surface area contributed by atoms with E-state index in [-0.39, 0.29) is 0 Å². The van der Waals surface area contributed by atoms with E-state index in [0.717, 1.165) is 5.56 Å². The molecule has 88 valence electrons. The van der Waals surface area contributed by atoms with E-state index in [9.17, 15) is 0 Å². The predicted molar refractivity (Wildman–Crippen MR) is 71.6 cm³/mol. The van der Waals surface area contributed by atoms with Crippen LogP contribution in [-0.4, -0.2) is 9.97 Å². The van der Waals surface area contributed by atoms with Crippen molar-refractivity contribution in [2.45, 2.75) is 0 Å². The van der Waals surface area contributed by atoms with Crippen LogP contribution in [0.3, 0.4) is 0 Å². The Morgan fingerprint density at radius 3 is 2.78 bits per heavy atom. The van der Waals surface area contributed by atoms with Crippen LogP contribution < -0.4 is 5.73 Å². The molecule has 0 saturated heterocycles. The summed E-state index contributed by atoms with van der Waals surface area (Å²) in [5.74, 6) is 0.520. The average Bonchev–Trinajstić information content (AvgIpc) is 2.79. The maximum atomic E-state index is 5.63. The maximum Gasteiger partial charge on any atom is 0.221 e. The Bertz CT molecular complexity index is 701. The molecule has 0 aliphatic heterocycles. The zero-order chi connectivity index (χ0) is 12.4. The van der Waals surface area contributed by atoms with E-state index in [0.29, 0.717) is 22.8 Å². The number of rotatable bonds is 2. The second-order valence-corrected chi connectivity index (χ2v) is 3.89. The summed E-state index contributed by atoms with van der Waals surface area (Å²) in [6, 6.07) is 11.7. The molecule has 0 amide bonds. The van der Waals surface area contributed by atoms with Crippen molar-refractivity contribution in [1.29, 1.82) is 0 Å². The van der Waals surface area contributed by atoms with Gasteiger partial charge in [-0.15, -0.1) is 0 Å². The molecule has 0 radical (unpaired) electrons. The van der Waals surface area contributed by atoms with Gasteiger partial charge in [0, 0.05) is 12.1 Å². The molecule has 18 heavy (non-hydrogen) atoms. The van der Waals surface area contributed by atoms with Gasteiger partial charge in [-0.05, 0) is 11.6 Å². The molecule has 0 atom stereocenters. The van der Waals surface area contributed by atoms with E-state index in [1.54, 1.807) is 12.3 Å². The van der Waals surface area contributed by atoms with E-state index in [4.69, 9.17) is 10.2 Å². The Kier molecular flexibility index (Phi) is 2.53. The third-order valence-electron chi connectivity index (χ3n) is 2.50. The number of nitrogens with zero attached hydrogens (tertiary/aromatic N) is 2. The van der Waals surface area contributed by atoms with Crippen molar-refractivity contribution in [2.24, 2.45) is 0 Å². The number of oxazole rings is 1. The second-order valence-electron chi connectivity index (χ2n) is 3.89. The quantitative estimate of drug-likeness (QED) is 0.744. The van der Waals surface area contributed by atoms with Crippen molar-refractivity contribution < 1.29 is 4.42 Å². The lowest BCUT2D eigenvalue weighted by atomic mass is 10.2. The molecule has 0 aliphatic carbocycles. The van der Waals surface area contributed by atoms with E-state index >= 15 is 0 Å². The minimum Gasteiger partial charge on any atom is -0.435 e. The fraction of sp³-hybridized carbons (Fsp3) is 0. The monoisotopic (exact) mass is 237 g/mol. The molecular formula is C14H11N3O. The van der Waals surface area contributed by atoms with Crippen molar-refractivity contribution in [3.05, 3.63) is 54.0 Å². The lowest BCUT2D eigenvalue weighted by Crippen LogP contribution is -1.85. The smallest absolute Gasteiger partial charge is 0.221 e. The Morgan fingerprint density at radius 2 is 1.94 bits per heavy atom. The van der Waals surface area contributed by atoms with Crippen LogP contribution in [0.5, 0.6) is 0 Å². The van der Waals surface area contributed by atoms with Gasteiger partial charge in [0.25, 0.3) is 0 Å². The van der Waals surface area contributed by atoms with Crippen molar-refractivity contribution in [1.82, 2.24) is 9.97 Å². The number of nitrogen functional groups attached to an aromatic ring is 1. The largest absolute Gasteiger partial charge is 0.435 e. The average molecular weight is 237 g/mol. The minimum absolute atomic E-state index is 0.520. The second kappa shape index (κ2) is 4.33.